The predicted octanol–water partition coefficient (Wildman–Crippen LogP) is 2.26. The largest absolute Gasteiger partial charge is 0.364 e. The number of thiocarbonyl (C=S) groups is 1. The van der Waals surface area contributed by atoms with E-state index in [2.05, 4.69) is 34.4 Å². The molecule has 0 saturated carbocycles. The Morgan fingerprint density at radius 3 is 2.62 bits per heavy atom. The van der Waals surface area contributed by atoms with Crippen LogP contribution in [-0.2, 0) is 0 Å². The van der Waals surface area contributed by atoms with Crippen LogP contribution in [0.1, 0.15) is 0 Å². The summed E-state index contributed by atoms with van der Waals surface area (Å²) in [5.41, 5.74) is 7.01. The molecule has 3 N–H and O–H groups in total. The normalized spacial score (nSPS) is 9.81. The highest BCUT2D eigenvalue weighted by molar-refractivity contribution is 7.80. The maximum atomic E-state index is 4.99. The van der Waals surface area contributed by atoms with Gasteiger partial charge in [-0.1, -0.05) is 36.4 Å². The number of fused-ring (bicyclic) bond motifs is 1. The number of hydrazine groups is 1. The van der Waals surface area contributed by atoms with Crippen LogP contribution in [0, 0.1) is 0 Å². The average Bonchev–Trinajstić information content (AvgIpc) is 2.35. The molecule has 2 aromatic rings. The Bertz CT molecular complexity index is 505. The Morgan fingerprint density at radius 1 is 1.06 bits per heavy atom. The van der Waals surface area contributed by atoms with E-state index in [0.29, 0.717) is 5.11 Å². The van der Waals surface area contributed by atoms with Gasteiger partial charge < -0.3 is 5.32 Å². The Balaban J connectivity index is 2.27. The van der Waals surface area contributed by atoms with E-state index in [9.17, 15) is 0 Å². The highest BCUT2D eigenvalue weighted by atomic mass is 32.1. The van der Waals surface area contributed by atoms with Crippen LogP contribution < -0.4 is 16.2 Å². The van der Waals surface area contributed by atoms with Crippen molar-refractivity contribution in [2.24, 2.45) is 0 Å². The summed E-state index contributed by atoms with van der Waals surface area (Å²) >= 11 is 4.99. The summed E-state index contributed by atoms with van der Waals surface area (Å²) in [6.45, 7) is 0. The molecule has 0 bridgehead atoms. The monoisotopic (exact) mass is 231 g/mol. The lowest BCUT2D eigenvalue weighted by Gasteiger charge is -2.12. The summed E-state index contributed by atoms with van der Waals surface area (Å²) in [4.78, 5) is 0. The molecule has 0 heterocycles. The molecule has 0 spiro atoms. The summed E-state index contributed by atoms with van der Waals surface area (Å²) in [6.07, 6.45) is 0. The Labute approximate surface area is 99.8 Å². The molecular weight excluding hydrogens is 218 g/mol. The van der Waals surface area contributed by atoms with Crippen LogP contribution in [0.2, 0.25) is 0 Å². The smallest absolute Gasteiger partial charge is 0.184 e. The number of anilines is 1. The zero-order chi connectivity index (χ0) is 11.4. The number of nitrogens with one attached hydrogen (secondary N) is 3. The number of benzene rings is 2. The molecule has 2 rings (SSSR count). The van der Waals surface area contributed by atoms with Crippen LogP contribution in [-0.4, -0.2) is 12.2 Å². The first kappa shape index (κ1) is 10.7. The van der Waals surface area contributed by atoms with Gasteiger partial charge in [-0.2, -0.15) is 0 Å². The minimum Gasteiger partial charge on any atom is -0.364 e. The maximum Gasteiger partial charge on any atom is 0.184 e. The van der Waals surface area contributed by atoms with Crippen molar-refractivity contribution in [3.05, 3.63) is 42.5 Å². The molecule has 0 saturated heterocycles. The molecule has 0 unspecified atom stereocenters. The molecule has 0 amide bonds. The van der Waals surface area contributed by atoms with Gasteiger partial charge >= 0.3 is 0 Å². The van der Waals surface area contributed by atoms with Crippen LogP contribution in [0.5, 0.6) is 0 Å². The Morgan fingerprint density at radius 2 is 1.81 bits per heavy atom. The summed E-state index contributed by atoms with van der Waals surface area (Å²) < 4.78 is 0. The maximum absolute atomic E-state index is 4.99. The lowest BCUT2D eigenvalue weighted by molar-refractivity contribution is 1.04. The van der Waals surface area contributed by atoms with Gasteiger partial charge in [0.25, 0.3) is 0 Å². The molecule has 3 nitrogen and oxygen atoms in total. The van der Waals surface area contributed by atoms with Crippen molar-refractivity contribution in [2.75, 3.05) is 12.5 Å². The third-order valence-corrected chi connectivity index (χ3v) is 2.63. The molecule has 0 fully saturated rings. The van der Waals surface area contributed by atoms with E-state index in [0.717, 1.165) is 11.1 Å². The van der Waals surface area contributed by atoms with Gasteiger partial charge in [-0.15, -0.1) is 0 Å². The summed E-state index contributed by atoms with van der Waals surface area (Å²) in [5, 5.41) is 5.77. The number of hydrogen-bond donors (Lipinski definition) is 3. The third kappa shape index (κ3) is 2.23. The summed E-state index contributed by atoms with van der Waals surface area (Å²) in [6, 6.07) is 14.3. The van der Waals surface area contributed by atoms with Crippen LogP contribution in [0.15, 0.2) is 42.5 Å². The van der Waals surface area contributed by atoms with Crippen molar-refractivity contribution in [3.8, 4) is 0 Å². The first-order valence-corrected chi connectivity index (χ1v) is 5.43. The SMILES string of the molecule is CNC(=S)NNc1cccc2ccccc12. The second-order valence-electron chi connectivity index (χ2n) is 3.36. The minimum atomic E-state index is 0.563. The van der Waals surface area contributed by atoms with E-state index >= 15 is 0 Å². The molecule has 0 atom stereocenters. The zero-order valence-electron chi connectivity index (χ0n) is 8.95. The molecule has 0 aliphatic heterocycles. The molecule has 0 aliphatic carbocycles. The van der Waals surface area contributed by atoms with E-state index in [1.165, 1.54) is 5.39 Å². The molecule has 0 radical (unpaired) electrons. The lowest BCUT2D eigenvalue weighted by Crippen LogP contribution is -2.36. The van der Waals surface area contributed by atoms with Gasteiger partial charge in [0.1, 0.15) is 0 Å². The van der Waals surface area contributed by atoms with Crippen LogP contribution in [0.25, 0.3) is 10.8 Å². The highest BCUT2D eigenvalue weighted by Gasteiger charge is 1.99. The number of hydrogen-bond acceptors (Lipinski definition) is 2. The van der Waals surface area contributed by atoms with Crippen molar-refractivity contribution in [1.29, 1.82) is 0 Å². The molecular formula is C12H13N3S. The zero-order valence-corrected chi connectivity index (χ0v) is 9.77. The van der Waals surface area contributed by atoms with Crippen LogP contribution in [0.3, 0.4) is 0 Å². The van der Waals surface area contributed by atoms with Crippen LogP contribution in [0.4, 0.5) is 5.69 Å². The first-order valence-electron chi connectivity index (χ1n) is 5.03. The molecule has 16 heavy (non-hydrogen) atoms. The van der Waals surface area contributed by atoms with Gasteiger partial charge in [-0.3, -0.25) is 10.9 Å². The second kappa shape index (κ2) is 4.81. The fraction of sp³-hybridized carbons (Fsp3) is 0.0833. The van der Waals surface area contributed by atoms with Crippen molar-refractivity contribution >= 4 is 33.8 Å². The molecule has 0 aromatic heterocycles. The van der Waals surface area contributed by atoms with Gasteiger partial charge in [-0.05, 0) is 23.7 Å². The Kier molecular flexibility index (Phi) is 3.22. The molecule has 2 aromatic carbocycles. The molecule has 82 valence electrons. The average molecular weight is 231 g/mol. The van der Waals surface area contributed by atoms with Crippen molar-refractivity contribution in [3.63, 3.8) is 0 Å². The fourth-order valence-electron chi connectivity index (χ4n) is 1.52. The van der Waals surface area contributed by atoms with Gasteiger partial charge in [0.2, 0.25) is 0 Å². The van der Waals surface area contributed by atoms with Gasteiger partial charge in [0.05, 0.1) is 5.69 Å². The standard InChI is InChI=1S/C12H13N3S/c1-13-12(16)15-14-11-8-4-6-9-5-2-3-7-10(9)11/h2-8,14H,1H3,(H2,13,15,16). The Hall–Kier alpha value is -1.81. The highest BCUT2D eigenvalue weighted by Crippen LogP contribution is 2.21. The van der Waals surface area contributed by atoms with E-state index in [-0.39, 0.29) is 0 Å². The van der Waals surface area contributed by atoms with Gasteiger partial charge in [-0.25, -0.2) is 0 Å². The van der Waals surface area contributed by atoms with Gasteiger partial charge in [0, 0.05) is 12.4 Å². The predicted molar refractivity (Wildman–Crippen MR) is 72.4 cm³/mol. The number of rotatable bonds is 2. The second-order valence-corrected chi connectivity index (χ2v) is 3.76. The quantitative estimate of drug-likeness (QED) is 0.547. The fourth-order valence-corrected chi connectivity index (χ4v) is 1.57. The van der Waals surface area contributed by atoms with Crippen LogP contribution >= 0.6 is 12.2 Å². The first-order chi connectivity index (χ1) is 7.81. The van der Waals surface area contributed by atoms with E-state index in [1.807, 2.05) is 24.3 Å². The summed E-state index contributed by atoms with van der Waals surface area (Å²) in [7, 11) is 1.78. The molecule has 0 aliphatic rings. The topological polar surface area (TPSA) is 36.1 Å². The van der Waals surface area contributed by atoms with Crippen molar-refractivity contribution < 1.29 is 0 Å². The van der Waals surface area contributed by atoms with Crippen molar-refractivity contribution in [1.82, 2.24) is 10.7 Å². The summed E-state index contributed by atoms with van der Waals surface area (Å²) in [5.74, 6) is 0. The van der Waals surface area contributed by atoms with E-state index in [1.54, 1.807) is 7.05 Å². The third-order valence-electron chi connectivity index (χ3n) is 2.33. The van der Waals surface area contributed by atoms with Gasteiger partial charge in [0.15, 0.2) is 5.11 Å². The van der Waals surface area contributed by atoms with E-state index in [4.69, 9.17) is 12.2 Å². The lowest BCUT2D eigenvalue weighted by atomic mass is 10.1. The van der Waals surface area contributed by atoms with E-state index < -0.39 is 0 Å². The minimum absolute atomic E-state index is 0.563. The molecule has 4 heteroatoms. The van der Waals surface area contributed by atoms with Crippen molar-refractivity contribution in [2.45, 2.75) is 0 Å².